The number of hydrogen-bond acceptors (Lipinski definition) is 21. The number of carbonyl (C=O) groups is 11. The fourth-order valence-corrected chi connectivity index (χ4v) is 13.6. The zero-order valence-electron chi connectivity index (χ0n) is 51.4. The number of aliphatic carboxylic acids is 8. The minimum Gasteiger partial charge on any atom is -0.480 e. The largest absolute Gasteiger partial charge is 0.480 e. The number of benzene rings is 2. The molecule has 4 fully saturated rings. The van der Waals surface area contributed by atoms with Crippen molar-refractivity contribution < 1.29 is 93.6 Å². The summed E-state index contributed by atoms with van der Waals surface area (Å²) >= 11 is 1.77. The number of urea groups is 1. The number of rotatable bonds is 31. The molecule has 0 spiro atoms. The molecule has 4 aliphatic heterocycles. The van der Waals surface area contributed by atoms with E-state index in [-0.39, 0.29) is 167 Å². The first-order chi connectivity index (χ1) is 43.8. The fourth-order valence-electron chi connectivity index (χ4n) is 12.0. The maximum absolute atomic E-state index is 13.9. The van der Waals surface area contributed by atoms with Crippen LogP contribution in [0.4, 0.5) is 16.2 Å². The summed E-state index contributed by atoms with van der Waals surface area (Å²) in [5.41, 5.74) is 2.20. The summed E-state index contributed by atoms with van der Waals surface area (Å²) in [7, 11) is 0. The molecule has 508 valence electrons. The predicted molar refractivity (Wildman–Crippen MR) is 334 cm³/mol. The van der Waals surface area contributed by atoms with Gasteiger partial charge >= 0.3 is 53.8 Å². The van der Waals surface area contributed by atoms with Gasteiger partial charge in [0.05, 0.1) is 77.5 Å². The number of thioether (sulfide) groups is 1. The van der Waals surface area contributed by atoms with Gasteiger partial charge in [-0.15, -0.1) is 0 Å². The van der Waals surface area contributed by atoms with Gasteiger partial charge in [0, 0.05) is 126 Å². The van der Waals surface area contributed by atoms with Gasteiger partial charge in [-0.2, -0.15) is 11.8 Å². The lowest BCUT2D eigenvalue weighted by molar-refractivity contribution is -0.142. The lowest BCUT2D eigenvalue weighted by Crippen LogP contribution is -2.53. The molecule has 5 unspecified atom stereocenters. The second-order valence-corrected chi connectivity index (χ2v) is 25.0. The number of carbonyl (C=O) groups excluding carboxylic acids is 3. The first kappa shape index (κ1) is 73.5. The maximum Gasteiger partial charge on any atom is 0.317 e. The molecule has 2 aromatic rings. The van der Waals surface area contributed by atoms with E-state index in [1.807, 2.05) is 0 Å². The average molecular weight is 1310 g/mol. The van der Waals surface area contributed by atoms with Gasteiger partial charge in [0.15, 0.2) is 0 Å². The Morgan fingerprint density at radius 3 is 1.14 bits per heavy atom. The summed E-state index contributed by atoms with van der Waals surface area (Å²) in [6.07, 6.45) is 2.52. The van der Waals surface area contributed by atoms with Crippen molar-refractivity contribution in [3.63, 3.8) is 0 Å². The highest BCUT2D eigenvalue weighted by molar-refractivity contribution is 8.00. The standard InChI is InChI=1S/C59H87N13O19S/c73-48(60-42-8-4-40(5-9-42)25-44-27-69(35-54(83)84)19-17-64(31-50(75)76)13-15-66(33-52(79)80)21-23-71(44)37-56(87)88)29-68(12-2-1-3-47-58-46(39-92-47)62-59(91)63-58)30-49(74)61-43-10-6-41(7-11-43)26-45-28-70(36-55(85)86)20-18-65(32-51(77)78)14-16-67(34-53(81)82)22-24-72(45)38-57(89)90/h4-11,44-47,58H,1-3,12-39H2,(H,60,73)(H,61,74)(H,75,76)(H,77,78)(H,79,80)(H,81,82)(H,83,84)(H,85,86)(H,87,88)(H,89,90)(H2,62,63,91). The number of amides is 4. The Labute approximate surface area is 536 Å². The number of anilines is 2. The summed E-state index contributed by atoms with van der Waals surface area (Å²) in [6, 6.07) is 12.2. The molecule has 0 saturated carbocycles. The lowest BCUT2D eigenvalue weighted by atomic mass is 10.0. The first-order valence-corrected chi connectivity index (χ1v) is 31.6. The van der Waals surface area contributed by atoms with Crippen LogP contribution in [-0.4, -0.2) is 349 Å². The van der Waals surface area contributed by atoms with Crippen molar-refractivity contribution in [2.24, 2.45) is 0 Å². The molecule has 0 radical (unpaired) electrons. The molecule has 4 aliphatic rings. The van der Waals surface area contributed by atoms with Crippen LogP contribution < -0.4 is 21.3 Å². The molecular weight excluding hydrogens is 1230 g/mol. The van der Waals surface area contributed by atoms with E-state index in [4.69, 9.17) is 0 Å². The van der Waals surface area contributed by atoms with Crippen molar-refractivity contribution in [1.82, 2.24) is 54.7 Å². The minimum atomic E-state index is -1.16. The number of carboxylic acid groups (broad SMARTS) is 8. The smallest absolute Gasteiger partial charge is 0.317 e. The number of unbranched alkanes of at least 4 members (excludes halogenated alkanes) is 1. The Hall–Kier alpha value is -7.60. The van der Waals surface area contributed by atoms with E-state index in [2.05, 4.69) is 21.3 Å². The van der Waals surface area contributed by atoms with Crippen LogP contribution in [0.2, 0.25) is 0 Å². The number of carboxylic acids is 8. The van der Waals surface area contributed by atoms with Crippen molar-refractivity contribution >= 4 is 88.7 Å². The molecule has 0 bridgehead atoms. The maximum atomic E-state index is 13.9. The molecule has 92 heavy (non-hydrogen) atoms. The van der Waals surface area contributed by atoms with Crippen LogP contribution in [0.3, 0.4) is 0 Å². The molecule has 0 aliphatic carbocycles. The van der Waals surface area contributed by atoms with Gasteiger partial charge in [-0.1, -0.05) is 30.7 Å². The summed E-state index contributed by atoms with van der Waals surface area (Å²) in [6.45, 7) is -1.57. The summed E-state index contributed by atoms with van der Waals surface area (Å²) in [4.78, 5) is 151. The van der Waals surface area contributed by atoms with E-state index in [9.17, 15) is 93.6 Å². The average Bonchev–Trinajstić information content (AvgIpc) is 1.70. The van der Waals surface area contributed by atoms with Gasteiger partial charge < -0.3 is 62.1 Å². The molecule has 33 heteroatoms. The van der Waals surface area contributed by atoms with E-state index in [0.29, 0.717) is 35.5 Å². The van der Waals surface area contributed by atoms with E-state index in [0.717, 1.165) is 18.6 Å². The number of hydrogen-bond donors (Lipinski definition) is 12. The van der Waals surface area contributed by atoms with Crippen LogP contribution in [0.5, 0.6) is 0 Å². The Morgan fingerprint density at radius 1 is 0.446 bits per heavy atom. The lowest BCUT2D eigenvalue weighted by Gasteiger charge is -2.37. The Balaban J connectivity index is 1.15. The molecule has 5 atom stereocenters. The van der Waals surface area contributed by atoms with Crippen molar-refractivity contribution in [3.05, 3.63) is 59.7 Å². The topological polar surface area (TPSA) is 427 Å². The van der Waals surface area contributed by atoms with Crippen molar-refractivity contribution in [2.75, 3.05) is 180 Å². The minimum absolute atomic E-state index is 0.00629. The van der Waals surface area contributed by atoms with Gasteiger partial charge in [0.25, 0.3) is 0 Å². The summed E-state index contributed by atoms with van der Waals surface area (Å²) < 4.78 is 0. The normalized spacial score (nSPS) is 21.9. The van der Waals surface area contributed by atoms with Gasteiger partial charge in [-0.3, -0.25) is 92.0 Å². The highest BCUT2D eigenvalue weighted by atomic mass is 32.2. The predicted octanol–water partition coefficient (Wildman–Crippen LogP) is -2.16. The van der Waals surface area contributed by atoms with Crippen molar-refractivity contribution in [1.29, 1.82) is 0 Å². The van der Waals surface area contributed by atoms with Crippen LogP contribution in [0.25, 0.3) is 0 Å². The zero-order valence-corrected chi connectivity index (χ0v) is 52.2. The van der Waals surface area contributed by atoms with Crippen molar-refractivity contribution in [2.45, 2.75) is 61.5 Å². The quantitative estimate of drug-likeness (QED) is 0.0283. The van der Waals surface area contributed by atoms with Crippen LogP contribution >= 0.6 is 11.8 Å². The van der Waals surface area contributed by atoms with E-state index in [1.165, 1.54) is 0 Å². The van der Waals surface area contributed by atoms with E-state index in [1.54, 1.807) is 104 Å². The van der Waals surface area contributed by atoms with Crippen LogP contribution in [-0.2, 0) is 60.8 Å². The molecule has 4 amide bonds. The second kappa shape index (κ2) is 37.2. The third kappa shape index (κ3) is 26.9. The van der Waals surface area contributed by atoms with Crippen molar-refractivity contribution in [3.8, 4) is 0 Å². The Kier molecular flexibility index (Phi) is 29.7. The Morgan fingerprint density at radius 2 is 0.783 bits per heavy atom. The molecular formula is C59H87N13O19S. The summed E-state index contributed by atoms with van der Waals surface area (Å²) in [5, 5.41) is 90.4. The fraction of sp³-hybridized carbons (Fsp3) is 0.610. The third-order valence-electron chi connectivity index (χ3n) is 16.4. The third-order valence-corrected chi connectivity index (χ3v) is 17.9. The van der Waals surface area contributed by atoms with Gasteiger partial charge in [0.2, 0.25) is 11.8 Å². The number of fused-ring (bicyclic) bond motifs is 1. The number of nitrogens with one attached hydrogen (secondary N) is 4. The first-order valence-electron chi connectivity index (χ1n) is 30.6. The van der Waals surface area contributed by atoms with Gasteiger partial charge in [-0.25, -0.2) is 4.79 Å². The molecule has 2 aromatic carbocycles. The zero-order chi connectivity index (χ0) is 66.9. The molecule has 4 heterocycles. The number of nitrogens with zero attached hydrogens (tertiary/aromatic N) is 9. The van der Waals surface area contributed by atoms with Crippen LogP contribution in [0.15, 0.2) is 48.5 Å². The molecule has 4 saturated heterocycles. The SMILES string of the molecule is O=C(O)CN1CCN(CC(=O)O)CCN(CC(=O)O)C(Cc2ccc(NC(=O)CN(CCCCC3SCC4NC(=O)NC43)CC(=O)Nc3ccc(CC4CN(CC(=O)O)CCN(CC(=O)O)CCN(CC(=O)O)CCN4CC(=O)O)cc3)cc2)CN(CC(=O)O)CC1. The monoisotopic (exact) mass is 1310 g/mol. The molecule has 0 aromatic heterocycles. The van der Waals surface area contributed by atoms with Gasteiger partial charge in [0.1, 0.15) is 0 Å². The van der Waals surface area contributed by atoms with E-state index < -0.39 is 97.8 Å². The summed E-state index contributed by atoms with van der Waals surface area (Å²) in [5.74, 6) is -9.17. The molecule has 32 nitrogen and oxygen atoms in total. The van der Waals surface area contributed by atoms with Crippen LogP contribution in [0.1, 0.15) is 30.4 Å². The molecule has 6 rings (SSSR count). The highest BCUT2D eigenvalue weighted by Crippen LogP contribution is 2.33. The molecule has 12 N–H and O–H groups in total. The second-order valence-electron chi connectivity index (χ2n) is 23.7. The van der Waals surface area contributed by atoms with Gasteiger partial charge in [-0.05, 0) is 67.6 Å². The Bertz CT molecular complexity index is 2680. The van der Waals surface area contributed by atoms with E-state index >= 15 is 0 Å². The highest BCUT2D eigenvalue weighted by Gasteiger charge is 2.42. The van der Waals surface area contributed by atoms with Crippen LogP contribution in [0, 0.1) is 0 Å².